The molecule has 0 aromatic heterocycles. The molecule has 0 radical (unpaired) electrons. The van der Waals surface area contributed by atoms with Crippen LogP contribution in [0.4, 0.5) is 0 Å². The highest BCUT2D eigenvalue weighted by atomic mass is 16.2. The molecule has 0 aliphatic carbocycles. The molecule has 2 aliphatic rings. The Hall–Kier alpha value is -0.610. The number of nitrogens with zero attached hydrogens (tertiary/aromatic N) is 2. The van der Waals surface area contributed by atoms with E-state index in [2.05, 4.69) is 17.2 Å². The minimum atomic E-state index is 0.329. The number of rotatable bonds is 3. The summed E-state index contributed by atoms with van der Waals surface area (Å²) < 4.78 is 0. The maximum atomic E-state index is 11.8. The van der Waals surface area contributed by atoms with Crippen LogP contribution in [0.3, 0.4) is 0 Å². The van der Waals surface area contributed by atoms with Crippen molar-refractivity contribution in [1.82, 2.24) is 15.3 Å². The van der Waals surface area contributed by atoms with Gasteiger partial charge < -0.3 is 5.32 Å². The van der Waals surface area contributed by atoms with Crippen LogP contribution in [0.25, 0.3) is 0 Å². The number of hydrogen-bond donors (Lipinski definition) is 1. The van der Waals surface area contributed by atoms with E-state index >= 15 is 0 Å². The van der Waals surface area contributed by atoms with E-state index in [1.54, 1.807) is 0 Å². The summed E-state index contributed by atoms with van der Waals surface area (Å²) in [4.78, 5) is 11.8. The third-order valence-electron chi connectivity index (χ3n) is 3.28. The summed E-state index contributed by atoms with van der Waals surface area (Å²) in [6, 6.07) is 0.452. The molecular weight excluding hydrogens is 190 g/mol. The number of carbonyl (C=O) groups is 1. The van der Waals surface area contributed by atoms with Gasteiger partial charge >= 0.3 is 0 Å². The van der Waals surface area contributed by atoms with Gasteiger partial charge in [-0.25, -0.2) is 5.01 Å². The van der Waals surface area contributed by atoms with Crippen LogP contribution >= 0.6 is 0 Å². The molecule has 4 heteroatoms. The lowest BCUT2D eigenvalue weighted by Crippen LogP contribution is -2.50. The van der Waals surface area contributed by atoms with Crippen molar-refractivity contribution in [2.24, 2.45) is 0 Å². The standard InChI is InChI=1S/C11H21N3O/c1-2-8-13-9-5-11(15)14(13)10-3-6-12-7-4-10/h10,12H,2-9H2,1H3. The summed E-state index contributed by atoms with van der Waals surface area (Å²) >= 11 is 0. The molecule has 0 bridgehead atoms. The van der Waals surface area contributed by atoms with Gasteiger partial charge in [-0.3, -0.25) is 9.80 Å². The monoisotopic (exact) mass is 211 g/mol. The van der Waals surface area contributed by atoms with Gasteiger partial charge in [0.2, 0.25) is 5.91 Å². The molecule has 4 nitrogen and oxygen atoms in total. The van der Waals surface area contributed by atoms with Gasteiger partial charge in [-0.05, 0) is 32.4 Å². The second-order valence-electron chi connectivity index (χ2n) is 4.42. The number of hydrogen-bond acceptors (Lipinski definition) is 3. The first-order valence-electron chi connectivity index (χ1n) is 6.10. The van der Waals surface area contributed by atoms with E-state index in [9.17, 15) is 4.79 Å². The Kier molecular flexibility index (Phi) is 3.59. The van der Waals surface area contributed by atoms with Crippen LogP contribution in [0.2, 0.25) is 0 Å². The highest BCUT2D eigenvalue weighted by Crippen LogP contribution is 2.21. The van der Waals surface area contributed by atoms with Gasteiger partial charge in [0.15, 0.2) is 0 Å². The second kappa shape index (κ2) is 4.94. The Morgan fingerprint density at radius 3 is 2.80 bits per heavy atom. The van der Waals surface area contributed by atoms with Crippen LogP contribution in [0, 0.1) is 0 Å². The second-order valence-corrected chi connectivity index (χ2v) is 4.42. The van der Waals surface area contributed by atoms with Crippen molar-refractivity contribution in [2.75, 3.05) is 26.2 Å². The third kappa shape index (κ3) is 2.32. The molecular formula is C11H21N3O. The van der Waals surface area contributed by atoms with Gasteiger partial charge in [0.25, 0.3) is 0 Å². The predicted octanol–water partition coefficient (Wildman–Crippen LogP) is 0.598. The average Bonchev–Trinajstić information content (AvgIpc) is 2.62. The lowest BCUT2D eigenvalue weighted by atomic mass is 10.1. The molecule has 2 saturated heterocycles. The number of hydrazine groups is 1. The summed E-state index contributed by atoms with van der Waals surface area (Å²) in [7, 11) is 0. The molecule has 0 spiro atoms. The number of piperidine rings is 1. The fourth-order valence-corrected chi connectivity index (χ4v) is 2.57. The number of amides is 1. The molecule has 0 atom stereocenters. The largest absolute Gasteiger partial charge is 0.317 e. The van der Waals surface area contributed by atoms with E-state index in [-0.39, 0.29) is 0 Å². The summed E-state index contributed by atoms with van der Waals surface area (Å²) in [5.41, 5.74) is 0. The van der Waals surface area contributed by atoms with Gasteiger partial charge in [-0.2, -0.15) is 0 Å². The summed E-state index contributed by atoms with van der Waals surface area (Å²) in [5.74, 6) is 0.329. The van der Waals surface area contributed by atoms with E-state index in [1.165, 1.54) is 0 Å². The molecule has 15 heavy (non-hydrogen) atoms. The molecule has 2 heterocycles. The first-order valence-corrected chi connectivity index (χ1v) is 6.10. The topological polar surface area (TPSA) is 35.6 Å². The molecule has 2 fully saturated rings. The Labute approximate surface area is 91.6 Å². The average molecular weight is 211 g/mol. The highest BCUT2D eigenvalue weighted by molar-refractivity contribution is 5.78. The summed E-state index contributed by atoms with van der Waals surface area (Å²) in [6.07, 6.45) is 4.04. The van der Waals surface area contributed by atoms with E-state index in [0.717, 1.165) is 45.4 Å². The van der Waals surface area contributed by atoms with Crippen LogP contribution in [0.15, 0.2) is 0 Å². The van der Waals surface area contributed by atoms with Crippen LogP contribution in [-0.2, 0) is 4.79 Å². The van der Waals surface area contributed by atoms with Crippen molar-refractivity contribution in [3.8, 4) is 0 Å². The molecule has 2 rings (SSSR count). The fraction of sp³-hybridized carbons (Fsp3) is 0.909. The zero-order valence-corrected chi connectivity index (χ0v) is 9.54. The zero-order valence-electron chi connectivity index (χ0n) is 9.54. The minimum absolute atomic E-state index is 0.329. The normalized spacial score (nSPS) is 25.1. The molecule has 1 N–H and O–H groups in total. The van der Waals surface area contributed by atoms with Crippen molar-refractivity contribution < 1.29 is 4.79 Å². The van der Waals surface area contributed by atoms with Gasteiger partial charge in [0, 0.05) is 19.5 Å². The highest BCUT2D eigenvalue weighted by Gasteiger charge is 2.34. The van der Waals surface area contributed by atoms with Crippen molar-refractivity contribution in [1.29, 1.82) is 0 Å². The Bertz CT molecular complexity index is 226. The van der Waals surface area contributed by atoms with E-state index < -0.39 is 0 Å². The van der Waals surface area contributed by atoms with Crippen molar-refractivity contribution in [3.63, 3.8) is 0 Å². The van der Waals surface area contributed by atoms with E-state index in [4.69, 9.17) is 0 Å². The number of nitrogens with one attached hydrogen (secondary N) is 1. The SMILES string of the molecule is CCCN1CCC(=O)N1C1CCNCC1. The van der Waals surface area contributed by atoms with Crippen LogP contribution in [-0.4, -0.2) is 48.1 Å². The summed E-state index contributed by atoms with van der Waals surface area (Å²) in [6.45, 7) is 6.22. The van der Waals surface area contributed by atoms with E-state index in [1.807, 2.05) is 5.01 Å². The maximum Gasteiger partial charge on any atom is 0.238 e. The smallest absolute Gasteiger partial charge is 0.238 e. The Morgan fingerprint density at radius 2 is 2.13 bits per heavy atom. The van der Waals surface area contributed by atoms with Crippen molar-refractivity contribution in [2.45, 2.75) is 38.6 Å². The Balaban J connectivity index is 1.99. The molecule has 0 aromatic carbocycles. The predicted molar refractivity (Wildman–Crippen MR) is 59.2 cm³/mol. The minimum Gasteiger partial charge on any atom is -0.317 e. The quantitative estimate of drug-likeness (QED) is 0.742. The third-order valence-corrected chi connectivity index (χ3v) is 3.28. The van der Waals surface area contributed by atoms with Gasteiger partial charge in [-0.1, -0.05) is 6.92 Å². The van der Waals surface area contributed by atoms with Gasteiger partial charge in [-0.15, -0.1) is 0 Å². The fourth-order valence-electron chi connectivity index (χ4n) is 2.57. The number of carbonyl (C=O) groups excluding carboxylic acids is 1. The lowest BCUT2D eigenvalue weighted by Gasteiger charge is -2.37. The molecule has 1 amide bonds. The summed E-state index contributed by atoms with van der Waals surface area (Å²) in [5, 5.41) is 7.64. The lowest BCUT2D eigenvalue weighted by molar-refractivity contribution is -0.144. The van der Waals surface area contributed by atoms with Crippen molar-refractivity contribution >= 4 is 5.91 Å². The molecule has 0 unspecified atom stereocenters. The maximum absolute atomic E-state index is 11.8. The molecule has 86 valence electrons. The van der Waals surface area contributed by atoms with Crippen molar-refractivity contribution in [3.05, 3.63) is 0 Å². The van der Waals surface area contributed by atoms with Crippen LogP contribution in [0.5, 0.6) is 0 Å². The molecule has 0 aromatic rings. The van der Waals surface area contributed by atoms with Crippen LogP contribution in [0.1, 0.15) is 32.6 Å². The van der Waals surface area contributed by atoms with Gasteiger partial charge in [0.1, 0.15) is 0 Å². The Morgan fingerprint density at radius 1 is 1.40 bits per heavy atom. The van der Waals surface area contributed by atoms with Gasteiger partial charge in [0.05, 0.1) is 6.04 Å². The zero-order chi connectivity index (χ0) is 10.7. The molecule has 2 aliphatic heterocycles. The first kappa shape index (κ1) is 10.9. The molecule has 0 saturated carbocycles. The van der Waals surface area contributed by atoms with E-state index in [0.29, 0.717) is 18.4 Å². The van der Waals surface area contributed by atoms with Crippen LogP contribution < -0.4 is 5.32 Å². The first-order chi connectivity index (χ1) is 7.33.